The monoisotopic (exact) mass is 229 g/mol. The van der Waals surface area contributed by atoms with Crippen LogP contribution in [-0.4, -0.2) is 12.0 Å². The lowest BCUT2D eigenvalue weighted by molar-refractivity contribution is 0.895. The number of benzene rings is 1. The Hall–Kier alpha value is -1.90. The maximum atomic E-state index is 6.07. The number of nitrogens with two attached hydrogens (primary N) is 1. The van der Waals surface area contributed by atoms with Crippen LogP contribution in [0.5, 0.6) is 0 Å². The van der Waals surface area contributed by atoms with Crippen molar-refractivity contribution < 1.29 is 0 Å². The van der Waals surface area contributed by atoms with E-state index in [0.29, 0.717) is 0 Å². The number of nitrogen functional groups attached to an aromatic ring is 1. The lowest BCUT2D eigenvalue weighted by Gasteiger charge is -2.21. The molecule has 0 radical (unpaired) electrons. The fraction of sp³-hybridized carbons (Fsp3) is 0.286. The van der Waals surface area contributed by atoms with Crippen molar-refractivity contribution >= 4 is 11.4 Å². The summed E-state index contributed by atoms with van der Waals surface area (Å²) in [6.45, 7) is 5.03. The highest BCUT2D eigenvalue weighted by atomic mass is 15.1. The summed E-state index contributed by atoms with van der Waals surface area (Å²) >= 11 is 0. The van der Waals surface area contributed by atoms with Gasteiger partial charge in [0.05, 0.1) is 17.9 Å². The Morgan fingerprint density at radius 1 is 1.24 bits per heavy atom. The predicted octanol–water partition coefficient (Wildman–Crippen LogP) is 2.85. The largest absolute Gasteiger partial charge is 0.397 e. The normalized spacial score (nSPS) is 10.5. The lowest BCUT2D eigenvalue weighted by Crippen LogP contribution is -2.18. The number of aromatic nitrogens is 1. The summed E-state index contributed by atoms with van der Waals surface area (Å²) in [5, 5.41) is 0. The first-order valence-corrected chi connectivity index (χ1v) is 5.78. The highest BCUT2D eigenvalue weighted by Gasteiger charge is 2.08. The van der Waals surface area contributed by atoms with Crippen LogP contribution in [0.3, 0.4) is 0 Å². The average Bonchev–Trinajstić information content (AvgIpc) is 2.76. The Morgan fingerprint density at radius 3 is 2.59 bits per heavy atom. The maximum absolute atomic E-state index is 6.07. The standard InChI is InChI=1S/C14H19N3/c1-10-7-13(15)14(8-11(10)2)17(3)9-12-5-4-6-16-12/h4-8,16H,9,15H2,1-3H3. The molecule has 0 saturated carbocycles. The van der Waals surface area contributed by atoms with Crippen LogP contribution in [0, 0.1) is 13.8 Å². The van der Waals surface area contributed by atoms with Gasteiger partial charge in [0.2, 0.25) is 0 Å². The summed E-state index contributed by atoms with van der Waals surface area (Å²) in [6, 6.07) is 8.27. The van der Waals surface area contributed by atoms with Crippen molar-refractivity contribution in [2.75, 3.05) is 17.7 Å². The molecule has 0 atom stereocenters. The molecule has 0 saturated heterocycles. The van der Waals surface area contributed by atoms with Gasteiger partial charge in [0.25, 0.3) is 0 Å². The third-order valence-electron chi connectivity index (χ3n) is 3.12. The molecule has 0 spiro atoms. The molecule has 1 heterocycles. The first-order chi connectivity index (χ1) is 8.08. The third kappa shape index (κ3) is 2.44. The minimum Gasteiger partial charge on any atom is -0.397 e. The van der Waals surface area contributed by atoms with Gasteiger partial charge in [0.1, 0.15) is 0 Å². The third-order valence-corrected chi connectivity index (χ3v) is 3.12. The number of nitrogens with one attached hydrogen (secondary N) is 1. The van der Waals surface area contributed by atoms with Gasteiger partial charge in [-0.3, -0.25) is 0 Å². The zero-order chi connectivity index (χ0) is 12.4. The molecular weight excluding hydrogens is 210 g/mol. The van der Waals surface area contributed by atoms with Crippen molar-refractivity contribution in [1.82, 2.24) is 4.98 Å². The number of hydrogen-bond donors (Lipinski definition) is 2. The molecule has 1 aromatic heterocycles. The number of aromatic amines is 1. The quantitative estimate of drug-likeness (QED) is 0.795. The van der Waals surface area contributed by atoms with Crippen LogP contribution in [0.25, 0.3) is 0 Å². The Kier molecular flexibility index (Phi) is 3.09. The molecule has 0 amide bonds. The van der Waals surface area contributed by atoms with Crippen LogP contribution in [0.2, 0.25) is 0 Å². The molecule has 3 nitrogen and oxygen atoms in total. The summed E-state index contributed by atoms with van der Waals surface area (Å²) < 4.78 is 0. The van der Waals surface area contributed by atoms with Crippen molar-refractivity contribution in [1.29, 1.82) is 0 Å². The van der Waals surface area contributed by atoms with Gasteiger partial charge >= 0.3 is 0 Å². The van der Waals surface area contributed by atoms with Crippen molar-refractivity contribution in [3.63, 3.8) is 0 Å². The van der Waals surface area contributed by atoms with Crippen molar-refractivity contribution in [2.45, 2.75) is 20.4 Å². The summed E-state index contributed by atoms with van der Waals surface area (Å²) in [7, 11) is 2.06. The van der Waals surface area contributed by atoms with Crippen LogP contribution >= 0.6 is 0 Å². The molecular formula is C14H19N3. The van der Waals surface area contributed by atoms with E-state index in [1.165, 1.54) is 16.8 Å². The Morgan fingerprint density at radius 2 is 1.94 bits per heavy atom. The Balaban J connectivity index is 2.24. The van der Waals surface area contributed by atoms with Crippen molar-refractivity contribution in [2.24, 2.45) is 0 Å². The molecule has 1 aromatic carbocycles. The zero-order valence-corrected chi connectivity index (χ0v) is 10.6. The second kappa shape index (κ2) is 4.53. The molecule has 0 aliphatic rings. The molecule has 2 rings (SSSR count). The average molecular weight is 229 g/mol. The molecule has 0 aliphatic heterocycles. The van der Waals surface area contributed by atoms with E-state index in [1.54, 1.807) is 0 Å². The van der Waals surface area contributed by atoms with E-state index < -0.39 is 0 Å². The number of rotatable bonds is 3. The topological polar surface area (TPSA) is 45.0 Å². The Labute approximate surface area is 102 Å². The molecule has 0 bridgehead atoms. The lowest BCUT2D eigenvalue weighted by atomic mass is 10.1. The SMILES string of the molecule is Cc1cc(N)c(N(C)Cc2ccc[nH]2)cc1C. The van der Waals surface area contributed by atoms with Gasteiger partial charge in [-0.2, -0.15) is 0 Å². The molecule has 3 heteroatoms. The van der Waals surface area contributed by atoms with Crippen LogP contribution in [-0.2, 0) is 6.54 Å². The summed E-state index contributed by atoms with van der Waals surface area (Å²) in [5.41, 5.74) is 11.7. The fourth-order valence-corrected chi connectivity index (χ4v) is 1.96. The first-order valence-electron chi connectivity index (χ1n) is 5.78. The van der Waals surface area contributed by atoms with E-state index in [0.717, 1.165) is 17.9 Å². The van der Waals surface area contributed by atoms with E-state index in [4.69, 9.17) is 5.73 Å². The van der Waals surface area contributed by atoms with Crippen molar-refractivity contribution in [3.8, 4) is 0 Å². The van der Waals surface area contributed by atoms with Gasteiger partial charge < -0.3 is 15.6 Å². The summed E-state index contributed by atoms with van der Waals surface area (Å²) in [5.74, 6) is 0. The van der Waals surface area contributed by atoms with Gasteiger partial charge in [0, 0.05) is 18.9 Å². The van der Waals surface area contributed by atoms with Gasteiger partial charge in [-0.25, -0.2) is 0 Å². The maximum Gasteiger partial charge on any atom is 0.0603 e. The van der Waals surface area contributed by atoms with E-state index in [1.807, 2.05) is 18.3 Å². The van der Waals surface area contributed by atoms with Gasteiger partial charge in [-0.05, 0) is 49.2 Å². The van der Waals surface area contributed by atoms with E-state index in [2.05, 4.69) is 42.9 Å². The fourth-order valence-electron chi connectivity index (χ4n) is 1.96. The smallest absolute Gasteiger partial charge is 0.0603 e. The van der Waals surface area contributed by atoms with Crippen LogP contribution in [0.4, 0.5) is 11.4 Å². The number of H-pyrrole nitrogens is 1. The zero-order valence-electron chi connectivity index (χ0n) is 10.6. The van der Waals surface area contributed by atoms with Gasteiger partial charge in [0.15, 0.2) is 0 Å². The second-order valence-electron chi connectivity index (χ2n) is 4.55. The van der Waals surface area contributed by atoms with Crippen LogP contribution in [0.15, 0.2) is 30.5 Å². The molecule has 0 unspecified atom stereocenters. The second-order valence-corrected chi connectivity index (χ2v) is 4.55. The van der Waals surface area contributed by atoms with E-state index >= 15 is 0 Å². The van der Waals surface area contributed by atoms with Gasteiger partial charge in [-0.1, -0.05) is 0 Å². The van der Waals surface area contributed by atoms with E-state index in [-0.39, 0.29) is 0 Å². The minimum atomic E-state index is 0.833. The summed E-state index contributed by atoms with van der Waals surface area (Å²) in [6.07, 6.45) is 1.94. The number of aryl methyl sites for hydroxylation is 2. The minimum absolute atomic E-state index is 0.833. The molecule has 2 aromatic rings. The highest BCUT2D eigenvalue weighted by Crippen LogP contribution is 2.26. The molecule has 17 heavy (non-hydrogen) atoms. The van der Waals surface area contributed by atoms with Crippen LogP contribution < -0.4 is 10.6 Å². The predicted molar refractivity (Wildman–Crippen MR) is 73.2 cm³/mol. The van der Waals surface area contributed by atoms with E-state index in [9.17, 15) is 0 Å². The summed E-state index contributed by atoms with van der Waals surface area (Å²) in [4.78, 5) is 5.36. The van der Waals surface area contributed by atoms with Gasteiger partial charge in [-0.15, -0.1) is 0 Å². The molecule has 3 N–H and O–H groups in total. The van der Waals surface area contributed by atoms with Crippen LogP contribution in [0.1, 0.15) is 16.8 Å². The molecule has 90 valence electrons. The number of anilines is 2. The molecule has 0 aliphatic carbocycles. The number of nitrogens with zero attached hydrogens (tertiary/aromatic N) is 1. The molecule has 0 fully saturated rings. The van der Waals surface area contributed by atoms with Crippen molar-refractivity contribution in [3.05, 3.63) is 47.3 Å². The number of hydrogen-bond acceptors (Lipinski definition) is 2. The highest BCUT2D eigenvalue weighted by molar-refractivity contribution is 5.69. The Bertz CT molecular complexity index is 500. The first kappa shape index (κ1) is 11.6.